The molecule has 5 heteroatoms. The van der Waals surface area contributed by atoms with Gasteiger partial charge in [-0.3, -0.25) is 4.68 Å². The van der Waals surface area contributed by atoms with Crippen molar-refractivity contribution in [3.63, 3.8) is 0 Å². The number of rotatable bonds is 2. The highest BCUT2D eigenvalue weighted by Gasteiger charge is 2.11. The second-order valence-electron chi connectivity index (χ2n) is 3.77. The SMILES string of the molecule is CC(O)Cn1nc(C#N)c2cc(N)ccc21. The Bertz CT molecular complexity index is 565. The summed E-state index contributed by atoms with van der Waals surface area (Å²) in [6.45, 7) is 2.04. The molecule has 5 nitrogen and oxygen atoms in total. The van der Waals surface area contributed by atoms with E-state index >= 15 is 0 Å². The molecule has 2 rings (SSSR count). The van der Waals surface area contributed by atoms with E-state index in [0.717, 1.165) is 10.9 Å². The molecular formula is C11H12N4O. The predicted molar refractivity (Wildman–Crippen MR) is 60.5 cm³/mol. The molecule has 0 saturated heterocycles. The average Bonchev–Trinajstić information content (AvgIpc) is 2.55. The van der Waals surface area contributed by atoms with Gasteiger partial charge in [0.15, 0.2) is 5.69 Å². The van der Waals surface area contributed by atoms with E-state index in [1.165, 1.54) is 0 Å². The monoisotopic (exact) mass is 216 g/mol. The van der Waals surface area contributed by atoms with E-state index in [4.69, 9.17) is 11.0 Å². The van der Waals surface area contributed by atoms with Crippen molar-refractivity contribution in [1.82, 2.24) is 9.78 Å². The summed E-state index contributed by atoms with van der Waals surface area (Å²) in [5.74, 6) is 0. The highest BCUT2D eigenvalue weighted by atomic mass is 16.3. The maximum atomic E-state index is 9.33. The Hall–Kier alpha value is -2.06. The zero-order valence-corrected chi connectivity index (χ0v) is 8.88. The van der Waals surface area contributed by atoms with E-state index < -0.39 is 6.10 Å². The normalized spacial score (nSPS) is 12.6. The Balaban J connectivity index is 2.64. The highest BCUT2D eigenvalue weighted by molar-refractivity contribution is 5.86. The number of fused-ring (bicyclic) bond motifs is 1. The van der Waals surface area contributed by atoms with Crippen molar-refractivity contribution in [3.05, 3.63) is 23.9 Å². The van der Waals surface area contributed by atoms with Gasteiger partial charge in [-0.15, -0.1) is 0 Å². The largest absolute Gasteiger partial charge is 0.399 e. The first-order valence-corrected chi connectivity index (χ1v) is 4.96. The average molecular weight is 216 g/mol. The minimum atomic E-state index is -0.507. The third kappa shape index (κ3) is 1.71. The molecule has 0 fully saturated rings. The molecular weight excluding hydrogens is 204 g/mol. The van der Waals surface area contributed by atoms with Gasteiger partial charge in [0.2, 0.25) is 0 Å². The summed E-state index contributed by atoms with van der Waals surface area (Å²) < 4.78 is 1.62. The maximum absolute atomic E-state index is 9.33. The molecule has 0 spiro atoms. The van der Waals surface area contributed by atoms with Gasteiger partial charge in [0.1, 0.15) is 6.07 Å². The summed E-state index contributed by atoms with van der Waals surface area (Å²) in [4.78, 5) is 0. The van der Waals surface area contributed by atoms with Gasteiger partial charge in [0.25, 0.3) is 0 Å². The number of nitrogen functional groups attached to an aromatic ring is 1. The van der Waals surface area contributed by atoms with Gasteiger partial charge in [-0.25, -0.2) is 0 Å². The van der Waals surface area contributed by atoms with Crippen LogP contribution in [0.5, 0.6) is 0 Å². The predicted octanol–water partition coefficient (Wildman–Crippen LogP) is 0.871. The molecule has 82 valence electrons. The molecule has 1 atom stereocenters. The van der Waals surface area contributed by atoms with Crippen LogP contribution in [0.1, 0.15) is 12.6 Å². The van der Waals surface area contributed by atoms with Gasteiger partial charge in [0, 0.05) is 11.1 Å². The smallest absolute Gasteiger partial charge is 0.170 e. The summed E-state index contributed by atoms with van der Waals surface area (Å²) in [5.41, 5.74) is 7.41. The van der Waals surface area contributed by atoms with Crippen molar-refractivity contribution in [2.75, 3.05) is 5.73 Å². The number of anilines is 1. The third-order valence-corrected chi connectivity index (χ3v) is 2.32. The van der Waals surface area contributed by atoms with E-state index in [1.54, 1.807) is 29.8 Å². The molecule has 2 aromatic rings. The zero-order valence-electron chi connectivity index (χ0n) is 8.88. The molecule has 0 aliphatic carbocycles. The van der Waals surface area contributed by atoms with E-state index in [0.29, 0.717) is 17.9 Å². The van der Waals surface area contributed by atoms with Gasteiger partial charge < -0.3 is 10.8 Å². The Morgan fingerprint density at radius 1 is 1.62 bits per heavy atom. The van der Waals surface area contributed by atoms with Crippen LogP contribution in [0, 0.1) is 11.3 Å². The Labute approximate surface area is 92.7 Å². The minimum Gasteiger partial charge on any atom is -0.399 e. The lowest BCUT2D eigenvalue weighted by atomic mass is 10.2. The number of nitrogens with zero attached hydrogens (tertiary/aromatic N) is 3. The zero-order chi connectivity index (χ0) is 11.7. The maximum Gasteiger partial charge on any atom is 0.170 e. The number of nitrogens with two attached hydrogens (primary N) is 1. The van der Waals surface area contributed by atoms with Crippen molar-refractivity contribution in [2.24, 2.45) is 0 Å². The van der Waals surface area contributed by atoms with Gasteiger partial charge in [-0.1, -0.05) is 0 Å². The summed E-state index contributed by atoms with van der Waals surface area (Å²) in [6, 6.07) is 7.30. The number of aliphatic hydroxyl groups excluding tert-OH is 1. The van der Waals surface area contributed by atoms with Gasteiger partial charge in [0.05, 0.1) is 18.2 Å². The molecule has 1 aromatic heterocycles. The van der Waals surface area contributed by atoms with Crippen molar-refractivity contribution in [2.45, 2.75) is 19.6 Å². The molecule has 0 saturated carbocycles. The van der Waals surface area contributed by atoms with E-state index in [9.17, 15) is 5.11 Å². The number of aromatic nitrogens is 2. The minimum absolute atomic E-state index is 0.336. The molecule has 0 bridgehead atoms. The quantitative estimate of drug-likeness (QED) is 0.729. The molecule has 1 aromatic carbocycles. The number of benzene rings is 1. The van der Waals surface area contributed by atoms with Crippen LogP contribution in [0.25, 0.3) is 10.9 Å². The van der Waals surface area contributed by atoms with Crippen LogP contribution in [0.4, 0.5) is 5.69 Å². The van der Waals surface area contributed by atoms with Crippen molar-refractivity contribution >= 4 is 16.6 Å². The van der Waals surface area contributed by atoms with Crippen LogP contribution in [0.2, 0.25) is 0 Å². The fourth-order valence-electron chi connectivity index (χ4n) is 1.67. The van der Waals surface area contributed by atoms with Crippen LogP contribution in [0.15, 0.2) is 18.2 Å². The second-order valence-corrected chi connectivity index (χ2v) is 3.77. The molecule has 0 radical (unpaired) electrons. The molecule has 0 aliphatic rings. The molecule has 0 aliphatic heterocycles. The summed E-state index contributed by atoms with van der Waals surface area (Å²) >= 11 is 0. The number of aliphatic hydroxyl groups is 1. The first-order chi connectivity index (χ1) is 7.61. The number of hydrogen-bond donors (Lipinski definition) is 2. The summed E-state index contributed by atoms with van der Waals surface area (Å²) in [7, 11) is 0. The number of hydrogen-bond acceptors (Lipinski definition) is 4. The first kappa shape index (κ1) is 10.5. The van der Waals surface area contributed by atoms with E-state index in [2.05, 4.69) is 5.10 Å². The Morgan fingerprint density at radius 3 is 3.00 bits per heavy atom. The topological polar surface area (TPSA) is 87.9 Å². The summed E-state index contributed by atoms with van der Waals surface area (Å²) in [5, 5.41) is 23.1. The second kappa shape index (κ2) is 3.83. The summed E-state index contributed by atoms with van der Waals surface area (Å²) in [6.07, 6.45) is -0.507. The van der Waals surface area contributed by atoms with Crippen LogP contribution in [-0.4, -0.2) is 21.0 Å². The molecule has 3 N–H and O–H groups in total. The molecule has 0 amide bonds. The van der Waals surface area contributed by atoms with Gasteiger partial charge >= 0.3 is 0 Å². The van der Waals surface area contributed by atoms with E-state index in [-0.39, 0.29) is 0 Å². The molecule has 16 heavy (non-hydrogen) atoms. The van der Waals surface area contributed by atoms with Crippen molar-refractivity contribution in [1.29, 1.82) is 5.26 Å². The van der Waals surface area contributed by atoms with E-state index in [1.807, 2.05) is 6.07 Å². The Kier molecular flexibility index (Phi) is 2.50. The van der Waals surface area contributed by atoms with Gasteiger partial charge in [-0.2, -0.15) is 10.4 Å². The first-order valence-electron chi connectivity index (χ1n) is 4.96. The van der Waals surface area contributed by atoms with Crippen LogP contribution < -0.4 is 5.73 Å². The standard InChI is InChI=1S/C11H12N4O/c1-7(16)6-15-11-3-2-8(13)4-9(11)10(5-12)14-15/h2-4,7,16H,6,13H2,1H3. The fourth-order valence-corrected chi connectivity index (χ4v) is 1.67. The number of nitriles is 1. The highest BCUT2D eigenvalue weighted by Crippen LogP contribution is 2.21. The van der Waals surface area contributed by atoms with Crippen LogP contribution >= 0.6 is 0 Å². The molecule has 1 heterocycles. The van der Waals surface area contributed by atoms with Crippen molar-refractivity contribution < 1.29 is 5.11 Å². The van der Waals surface area contributed by atoms with Crippen molar-refractivity contribution in [3.8, 4) is 6.07 Å². The lowest BCUT2D eigenvalue weighted by Crippen LogP contribution is -2.12. The fraction of sp³-hybridized carbons (Fsp3) is 0.273. The van der Waals surface area contributed by atoms with Crippen LogP contribution in [-0.2, 0) is 6.54 Å². The lowest BCUT2D eigenvalue weighted by molar-refractivity contribution is 0.170. The van der Waals surface area contributed by atoms with Gasteiger partial charge in [-0.05, 0) is 25.1 Å². The lowest BCUT2D eigenvalue weighted by Gasteiger charge is -2.05. The third-order valence-electron chi connectivity index (χ3n) is 2.32. The van der Waals surface area contributed by atoms with Crippen LogP contribution in [0.3, 0.4) is 0 Å². The Morgan fingerprint density at radius 2 is 2.38 bits per heavy atom. The molecule has 1 unspecified atom stereocenters.